The zero-order chi connectivity index (χ0) is 14.8. The lowest BCUT2D eigenvalue weighted by molar-refractivity contribution is 0.281. The van der Waals surface area contributed by atoms with Gasteiger partial charge in [-0.1, -0.05) is 17.4 Å². The first kappa shape index (κ1) is 15.4. The zero-order valence-corrected chi connectivity index (χ0v) is 13.3. The number of hydrogen-bond acceptors (Lipinski definition) is 5. The van der Waals surface area contributed by atoms with E-state index in [1.807, 2.05) is 0 Å². The van der Waals surface area contributed by atoms with Crippen molar-refractivity contribution in [1.82, 2.24) is 9.71 Å². The van der Waals surface area contributed by atoms with Gasteiger partial charge in [0.05, 0.1) is 18.0 Å². The second-order valence-electron chi connectivity index (χ2n) is 3.92. The number of aromatic amines is 1. The molecule has 1 aromatic carbocycles. The molecule has 0 atom stereocenters. The van der Waals surface area contributed by atoms with E-state index in [9.17, 15) is 13.2 Å². The summed E-state index contributed by atoms with van der Waals surface area (Å²) >= 11 is 4.14. The Bertz CT molecular complexity index is 767. The van der Waals surface area contributed by atoms with Gasteiger partial charge in [-0.3, -0.25) is 4.79 Å². The van der Waals surface area contributed by atoms with Crippen LogP contribution in [-0.2, 0) is 23.2 Å². The second-order valence-corrected chi connectivity index (χ2v) is 7.35. The Morgan fingerprint density at radius 1 is 1.40 bits per heavy atom. The fourth-order valence-electron chi connectivity index (χ4n) is 1.50. The third kappa shape index (κ3) is 3.55. The summed E-state index contributed by atoms with van der Waals surface area (Å²) in [6, 6.07) is 4.58. The van der Waals surface area contributed by atoms with Crippen LogP contribution in [0.15, 0.2) is 37.7 Å². The van der Waals surface area contributed by atoms with Crippen molar-refractivity contribution in [2.45, 2.75) is 18.0 Å². The quantitative estimate of drug-likeness (QED) is 0.726. The van der Waals surface area contributed by atoms with Crippen LogP contribution in [0.2, 0.25) is 0 Å². The van der Waals surface area contributed by atoms with E-state index < -0.39 is 10.0 Å². The van der Waals surface area contributed by atoms with Crippen LogP contribution >= 0.6 is 27.3 Å². The van der Waals surface area contributed by atoms with Gasteiger partial charge in [-0.2, -0.15) is 0 Å². The Labute approximate surface area is 127 Å². The maximum atomic E-state index is 12.2. The number of rotatable bonds is 5. The van der Waals surface area contributed by atoms with E-state index in [-0.39, 0.29) is 22.9 Å². The van der Waals surface area contributed by atoms with Crippen molar-refractivity contribution < 1.29 is 13.5 Å². The van der Waals surface area contributed by atoms with Crippen LogP contribution in [-0.4, -0.2) is 18.5 Å². The highest BCUT2D eigenvalue weighted by molar-refractivity contribution is 9.10. The molecule has 0 bridgehead atoms. The predicted octanol–water partition coefficient (Wildman–Crippen LogP) is 1.17. The van der Waals surface area contributed by atoms with E-state index in [0.717, 1.165) is 11.3 Å². The Morgan fingerprint density at radius 3 is 2.75 bits per heavy atom. The number of hydrogen-bond donors (Lipinski definition) is 3. The van der Waals surface area contributed by atoms with E-state index >= 15 is 0 Å². The number of sulfonamides is 1. The minimum absolute atomic E-state index is 0.00311. The molecule has 0 aliphatic heterocycles. The van der Waals surface area contributed by atoms with E-state index in [1.54, 1.807) is 17.5 Å². The average Bonchev–Trinajstić information content (AvgIpc) is 2.83. The van der Waals surface area contributed by atoms with E-state index in [2.05, 4.69) is 25.6 Å². The molecule has 1 aromatic heterocycles. The third-order valence-electron chi connectivity index (χ3n) is 2.49. The highest BCUT2D eigenvalue weighted by atomic mass is 79.9. The summed E-state index contributed by atoms with van der Waals surface area (Å²) in [7, 11) is -3.74. The van der Waals surface area contributed by atoms with Crippen LogP contribution < -0.4 is 9.60 Å². The first-order valence-corrected chi connectivity index (χ1v) is 8.63. The molecule has 0 spiro atoms. The van der Waals surface area contributed by atoms with Crippen molar-refractivity contribution in [1.29, 1.82) is 0 Å². The molecule has 108 valence electrons. The van der Waals surface area contributed by atoms with Crippen LogP contribution in [0.3, 0.4) is 0 Å². The molecule has 3 N–H and O–H groups in total. The number of aliphatic hydroxyl groups excluding tert-OH is 1. The minimum atomic E-state index is -3.74. The smallest absolute Gasteiger partial charge is 0.304 e. The van der Waals surface area contributed by atoms with Crippen LogP contribution in [0.4, 0.5) is 0 Å². The molecular formula is C11H11BrN2O4S2. The maximum Gasteiger partial charge on any atom is 0.304 e. The van der Waals surface area contributed by atoms with Gasteiger partial charge in [0.15, 0.2) is 0 Å². The number of halogens is 1. The lowest BCUT2D eigenvalue weighted by atomic mass is 10.2. The number of thiazole rings is 1. The molecular weight excluding hydrogens is 368 g/mol. The van der Waals surface area contributed by atoms with Crippen molar-refractivity contribution in [3.05, 3.63) is 49.0 Å². The second kappa shape index (κ2) is 6.19. The molecule has 20 heavy (non-hydrogen) atoms. The molecule has 0 amide bonds. The minimum Gasteiger partial charge on any atom is -0.392 e. The highest BCUT2D eigenvalue weighted by Gasteiger charge is 2.18. The van der Waals surface area contributed by atoms with Gasteiger partial charge in [-0.25, -0.2) is 13.1 Å². The summed E-state index contributed by atoms with van der Waals surface area (Å²) in [5.74, 6) is 0. The van der Waals surface area contributed by atoms with Gasteiger partial charge >= 0.3 is 4.87 Å². The molecule has 0 fully saturated rings. The summed E-state index contributed by atoms with van der Waals surface area (Å²) in [5.41, 5.74) is 0.996. The van der Waals surface area contributed by atoms with Crippen LogP contribution in [0, 0.1) is 0 Å². The van der Waals surface area contributed by atoms with Crippen molar-refractivity contribution in [2.24, 2.45) is 0 Å². The lowest BCUT2D eigenvalue weighted by Crippen LogP contribution is -2.24. The molecule has 9 heteroatoms. The van der Waals surface area contributed by atoms with Crippen molar-refractivity contribution in [3.63, 3.8) is 0 Å². The SMILES string of the molecule is O=c1[nH]c(CNS(=O)(=O)c2cc(CO)ccc2Br)cs1. The monoisotopic (exact) mass is 378 g/mol. The Balaban J connectivity index is 2.24. The topological polar surface area (TPSA) is 99.3 Å². The molecule has 0 radical (unpaired) electrons. The van der Waals surface area contributed by atoms with Gasteiger partial charge in [0.1, 0.15) is 0 Å². The van der Waals surface area contributed by atoms with Gasteiger partial charge < -0.3 is 10.1 Å². The molecule has 2 rings (SSSR count). The first-order valence-electron chi connectivity index (χ1n) is 5.48. The summed E-state index contributed by atoms with van der Waals surface area (Å²) in [4.78, 5) is 13.3. The molecule has 0 saturated heterocycles. The summed E-state index contributed by atoms with van der Waals surface area (Å²) in [5, 5.41) is 10.6. The molecule has 0 aliphatic carbocycles. The molecule has 0 saturated carbocycles. The van der Waals surface area contributed by atoms with Crippen LogP contribution in [0.1, 0.15) is 11.3 Å². The van der Waals surface area contributed by atoms with Gasteiger partial charge in [-0.15, -0.1) is 0 Å². The van der Waals surface area contributed by atoms with Crippen LogP contribution in [0.5, 0.6) is 0 Å². The molecule has 1 heterocycles. The third-order valence-corrected chi connectivity index (χ3v) is 5.60. The summed E-state index contributed by atoms with van der Waals surface area (Å²) < 4.78 is 27.2. The largest absolute Gasteiger partial charge is 0.392 e. The van der Waals surface area contributed by atoms with E-state index in [0.29, 0.717) is 15.7 Å². The molecule has 6 nitrogen and oxygen atoms in total. The molecule has 0 aliphatic rings. The number of aliphatic hydroxyl groups is 1. The van der Waals surface area contributed by atoms with Gasteiger partial charge in [0.2, 0.25) is 10.0 Å². The highest BCUT2D eigenvalue weighted by Crippen LogP contribution is 2.23. The van der Waals surface area contributed by atoms with Crippen molar-refractivity contribution in [2.75, 3.05) is 0 Å². The van der Waals surface area contributed by atoms with Crippen molar-refractivity contribution >= 4 is 37.3 Å². The lowest BCUT2D eigenvalue weighted by Gasteiger charge is -2.09. The van der Waals surface area contributed by atoms with Gasteiger partial charge in [0, 0.05) is 15.5 Å². The Kier molecular flexibility index (Phi) is 4.76. The standard InChI is InChI=1S/C11H11BrN2O4S2/c12-9-2-1-7(5-15)3-10(9)20(17,18)13-4-8-6-19-11(16)14-8/h1-3,6,13,15H,4-5H2,(H,14,16). The van der Waals surface area contributed by atoms with E-state index in [4.69, 9.17) is 5.11 Å². The number of benzene rings is 1. The molecule has 2 aromatic rings. The summed E-state index contributed by atoms with van der Waals surface area (Å²) in [6.07, 6.45) is 0. The normalized spacial score (nSPS) is 11.7. The van der Waals surface area contributed by atoms with E-state index in [1.165, 1.54) is 6.07 Å². The predicted molar refractivity (Wildman–Crippen MR) is 79.0 cm³/mol. The average molecular weight is 379 g/mol. The fraction of sp³-hybridized carbons (Fsp3) is 0.182. The van der Waals surface area contributed by atoms with Gasteiger partial charge in [0.25, 0.3) is 0 Å². The molecule has 0 unspecified atom stereocenters. The Morgan fingerprint density at radius 2 is 2.15 bits per heavy atom. The number of H-pyrrole nitrogens is 1. The summed E-state index contributed by atoms with van der Waals surface area (Å²) in [6.45, 7) is -0.246. The first-order chi connectivity index (χ1) is 9.42. The van der Waals surface area contributed by atoms with Crippen molar-refractivity contribution in [3.8, 4) is 0 Å². The zero-order valence-electron chi connectivity index (χ0n) is 10.1. The van der Waals surface area contributed by atoms with Crippen LogP contribution in [0.25, 0.3) is 0 Å². The number of nitrogens with one attached hydrogen (secondary N) is 2. The fourth-order valence-corrected chi connectivity index (χ4v) is 4.10. The maximum absolute atomic E-state index is 12.2. The number of aromatic nitrogens is 1. The Hall–Kier alpha value is -1.000. The van der Waals surface area contributed by atoms with Gasteiger partial charge in [-0.05, 0) is 33.6 Å².